The van der Waals surface area contributed by atoms with Crippen molar-refractivity contribution in [1.82, 2.24) is 0 Å². The van der Waals surface area contributed by atoms with Gasteiger partial charge in [0.15, 0.2) is 0 Å². The van der Waals surface area contributed by atoms with Crippen LogP contribution in [-0.2, 0) is 9.47 Å². The molecule has 15 heavy (non-hydrogen) atoms. The van der Waals surface area contributed by atoms with Gasteiger partial charge in [-0.25, -0.2) is 0 Å². The van der Waals surface area contributed by atoms with E-state index < -0.39 is 0 Å². The normalized spacial score (nSPS) is 30.6. The summed E-state index contributed by atoms with van der Waals surface area (Å²) in [5.41, 5.74) is 5.85. The summed E-state index contributed by atoms with van der Waals surface area (Å²) < 4.78 is 11.3. The van der Waals surface area contributed by atoms with Gasteiger partial charge in [-0.3, -0.25) is 0 Å². The van der Waals surface area contributed by atoms with Crippen molar-refractivity contribution in [1.29, 1.82) is 0 Å². The maximum atomic E-state index is 5.85. The van der Waals surface area contributed by atoms with Gasteiger partial charge in [0.05, 0.1) is 12.2 Å². The monoisotopic (exact) mass is 215 g/mol. The molecule has 0 bridgehead atoms. The molecule has 3 unspecified atom stereocenters. The van der Waals surface area contributed by atoms with Crippen molar-refractivity contribution >= 4 is 0 Å². The molecule has 0 saturated heterocycles. The summed E-state index contributed by atoms with van der Waals surface area (Å²) in [4.78, 5) is 0. The molecule has 3 nitrogen and oxygen atoms in total. The summed E-state index contributed by atoms with van der Waals surface area (Å²) in [6, 6.07) is 0.181. The molecule has 0 aromatic heterocycles. The molecule has 0 amide bonds. The number of hydrogen-bond donors (Lipinski definition) is 1. The maximum Gasteiger partial charge on any atom is 0.0988 e. The summed E-state index contributed by atoms with van der Waals surface area (Å²) in [5.74, 6) is 0.764. The molecule has 1 saturated carbocycles. The van der Waals surface area contributed by atoms with Crippen LogP contribution in [0.4, 0.5) is 0 Å². The van der Waals surface area contributed by atoms with Crippen molar-refractivity contribution < 1.29 is 9.47 Å². The second-order valence-corrected chi connectivity index (χ2v) is 4.76. The molecule has 3 atom stereocenters. The highest BCUT2D eigenvalue weighted by Crippen LogP contribution is 2.25. The van der Waals surface area contributed by atoms with Gasteiger partial charge in [-0.15, -0.1) is 0 Å². The van der Waals surface area contributed by atoms with Crippen molar-refractivity contribution in [3.63, 3.8) is 0 Å². The van der Waals surface area contributed by atoms with Crippen LogP contribution < -0.4 is 5.73 Å². The Balaban J connectivity index is 2.06. The summed E-state index contributed by atoms with van der Waals surface area (Å²) >= 11 is 0. The minimum absolute atomic E-state index is 0.133. The zero-order chi connectivity index (χ0) is 11.3. The van der Waals surface area contributed by atoms with Crippen LogP contribution in [0.2, 0.25) is 0 Å². The number of rotatable bonds is 7. The highest BCUT2D eigenvalue weighted by atomic mass is 16.5. The molecule has 1 fully saturated rings. The SMILES string of the molecule is CCOC1C(N)CC1OCCCC(C)C. The second kappa shape index (κ2) is 6.46. The molecule has 90 valence electrons. The first-order valence-electron chi connectivity index (χ1n) is 6.14. The number of nitrogens with two attached hydrogens (primary N) is 1. The van der Waals surface area contributed by atoms with Crippen LogP contribution in [0.3, 0.4) is 0 Å². The minimum Gasteiger partial charge on any atom is -0.375 e. The third kappa shape index (κ3) is 4.09. The molecule has 0 spiro atoms. The zero-order valence-electron chi connectivity index (χ0n) is 10.2. The van der Waals surface area contributed by atoms with Crippen molar-refractivity contribution in [2.75, 3.05) is 13.2 Å². The number of ether oxygens (including phenoxy) is 2. The quantitative estimate of drug-likeness (QED) is 0.660. The van der Waals surface area contributed by atoms with E-state index in [4.69, 9.17) is 15.2 Å². The lowest BCUT2D eigenvalue weighted by molar-refractivity contribution is -0.137. The standard InChI is InChI=1S/C12H25NO2/c1-4-14-12-10(13)8-11(12)15-7-5-6-9(2)3/h9-12H,4-8,13H2,1-3H3. The lowest BCUT2D eigenvalue weighted by Crippen LogP contribution is -2.58. The molecule has 0 radical (unpaired) electrons. The Bertz CT molecular complexity index is 173. The van der Waals surface area contributed by atoms with Gasteiger partial charge < -0.3 is 15.2 Å². The average molecular weight is 215 g/mol. The van der Waals surface area contributed by atoms with E-state index in [9.17, 15) is 0 Å². The largest absolute Gasteiger partial charge is 0.375 e. The fourth-order valence-corrected chi connectivity index (χ4v) is 1.93. The Labute approximate surface area is 93.3 Å². The Hall–Kier alpha value is -0.120. The smallest absolute Gasteiger partial charge is 0.0988 e. The average Bonchev–Trinajstić information content (AvgIpc) is 2.18. The lowest BCUT2D eigenvalue weighted by Gasteiger charge is -2.41. The second-order valence-electron chi connectivity index (χ2n) is 4.76. The predicted octanol–water partition coefficient (Wildman–Crippen LogP) is 1.94. The highest BCUT2D eigenvalue weighted by Gasteiger charge is 2.40. The van der Waals surface area contributed by atoms with Crippen molar-refractivity contribution in [2.24, 2.45) is 11.7 Å². The topological polar surface area (TPSA) is 44.5 Å². The van der Waals surface area contributed by atoms with E-state index in [1.165, 1.54) is 6.42 Å². The van der Waals surface area contributed by atoms with Gasteiger partial charge in [0.1, 0.15) is 0 Å². The van der Waals surface area contributed by atoms with Gasteiger partial charge in [0.2, 0.25) is 0 Å². The predicted molar refractivity (Wildman–Crippen MR) is 61.8 cm³/mol. The molecular formula is C12H25NO2. The van der Waals surface area contributed by atoms with Gasteiger partial charge >= 0.3 is 0 Å². The van der Waals surface area contributed by atoms with Crippen molar-refractivity contribution in [3.05, 3.63) is 0 Å². The molecular weight excluding hydrogens is 190 g/mol. The van der Waals surface area contributed by atoms with E-state index in [0.29, 0.717) is 0 Å². The minimum atomic E-state index is 0.133. The van der Waals surface area contributed by atoms with Gasteiger partial charge in [-0.1, -0.05) is 13.8 Å². The first-order chi connectivity index (χ1) is 7.15. The molecule has 0 aromatic carbocycles. The van der Waals surface area contributed by atoms with Crippen LogP contribution in [0.5, 0.6) is 0 Å². The molecule has 1 aliphatic carbocycles. The van der Waals surface area contributed by atoms with Gasteiger partial charge in [0.25, 0.3) is 0 Å². The van der Waals surface area contributed by atoms with Crippen LogP contribution in [-0.4, -0.2) is 31.5 Å². The third-order valence-corrected chi connectivity index (χ3v) is 2.91. The van der Waals surface area contributed by atoms with E-state index >= 15 is 0 Å². The zero-order valence-corrected chi connectivity index (χ0v) is 10.2. The van der Waals surface area contributed by atoms with Crippen molar-refractivity contribution in [2.45, 2.75) is 58.3 Å². The molecule has 0 aromatic rings. The van der Waals surface area contributed by atoms with Crippen LogP contribution in [0.1, 0.15) is 40.0 Å². The van der Waals surface area contributed by atoms with Gasteiger partial charge in [0, 0.05) is 19.3 Å². The summed E-state index contributed by atoms with van der Waals surface area (Å²) in [6.07, 6.45) is 3.70. The van der Waals surface area contributed by atoms with Crippen LogP contribution in [0.15, 0.2) is 0 Å². The Morgan fingerprint density at radius 2 is 2.07 bits per heavy atom. The van der Waals surface area contributed by atoms with E-state index in [2.05, 4.69) is 13.8 Å². The first kappa shape index (κ1) is 12.9. The summed E-state index contributed by atoms with van der Waals surface area (Å²) in [6.45, 7) is 8.05. The van der Waals surface area contributed by atoms with E-state index in [0.717, 1.165) is 32.0 Å². The Kier molecular flexibility index (Phi) is 5.58. The molecule has 0 aliphatic heterocycles. The summed E-state index contributed by atoms with van der Waals surface area (Å²) in [5, 5.41) is 0. The van der Waals surface area contributed by atoms with E-state index in [-0.39, 0.29) is 18.2 Å². The highest BCUT2D eigenvalue weighted by molar-refractivity contribution is 4.95. The number of hydrogen-bond acceptors (Lipinski definition) is 3. The lowest BCUT2D eigenvalue weighted by atomic mass is 9.86. The fraction of sp³-hybridized carbons (Fsp3) is 1.00. The van der Waals surface area contributed by atoms with Gasteiger partial charge in [-0.2, -0.15) is 0 Å². The Morgan fingerprint density at radius 1 is 1.33 bits per heavy atom. The first-order valence-corrected chi connectivity index (χ1v) is 6.14. The molecule has 1 rings (SSSR count). The molecule has 3 heteroatoms. The van der Waals surface area contributed by atoms with E-state index in [1.807, 2.05) is 6.92 Å². The molecule has 2 N–H and O–H groups in total. The maximum absolute atomic E-state index is 5.85. The summed E-state index contributed by atoms with van der Waals surface area (Å²) in [7, 11) is 0. The Morgan fingerprint density at radius 3 is 2.60 bits per heavy atom. The third-order valence-electron chi connectivity index (χ3n) is 2.91. The van der Waals surface area contributed by atoms with Crippen LogP contribution >= 0.6 is 0 Å². The van der Waals surface area contributed by atoms with E-state index in [1.54, 1.807) is 0 Å². The van der Waals surface area contributed by atoms with Crippen LogP contribution in [0, 0.1) is 5.92 Å². The molecule has 1 aliphatic rings. The molecule has 0 heterocycles. The van der Waals surface area contributed by atoms with Crippen molar-refractivity contribution in [3.8, 4) is 0 Å². The fourth-order valence-electron chi connectivity index (χ4n) is 1.93. The van der Waals surface area contributed by atoms with Gasteiger partial charge in [-0.05, 0) is 32.1 Å². The van der Waals surface area contributed by atoms with Crippen LogP contribution in [0.25, 0.3) is 0 Å².